The molecule has 0 saturated heterocycles. The van der Waals surface area contributed by atoms with Gasteiger partial charge in [-0.2, -0.15) is 0 Å². The third kappa shape index (κ3) is 2.41. The number of furan rings is 1. The van der Waals surface area contributed by atoms with E-state index in [4.69, 9.17) is 16.0 Å². The Balaban J connectivity index is 2.06. The molecule has 1 atom stereocenters. The summed E-state index contributed by atoms with van der Waals surface area (Å²) in [5, 5.41) is 5.07. The van der Waals surface area contributed by atoms with Gasteiger partial charge in [-0.3, -0.25) is 0 Å². The van der Waals surface area contributed by atoms with Crippen LogP contribution in [0.1, 0.15) is 21.6 Å². The second-order valence-electron chi connectivity index (χ2n) is 4.50. The number of nitrogens with one attached hydrogen (secondary N) is 1. The van der Waals surface area contributed by atoms with Crippen molar-refractivity contribution in [2.45, 2.75) is 13.0 Å². The summed E-state index contributed by atoms with van der Waals surface area (Å²) in [6, 6.07) is 12.1. The number of hydrogen-bond acceptors (Lipinski definition) is 3. The Morgan fingerprint density at radius 2 is 2.05 bits per heavy atom. The fourth-order valence-corrected chi connectivity index (χ4v) is 3.39. The van der Waals surface area contributed by atoms with E-state index in [0.29, 0.717) is 0 Å². The lowest BCUT2D eigenvalue weighted by Gasteiger charge is -2.10. The molecule has 2 nitrogen and oxygen atoms in total. The van der Waals surface area contributed by atoms with Gasteiger partial charge in [-0.1, -0.05) is 11.6 Å². The third-order valence-electron chi connectivity index (χ3n) is 3.12. The summed E-state index contributed by atoms with van der Waals surface area (Å²) in [5.74, 6) is 0.918. The highest BCUT2D eigenvalue weighted by atomic mass is 35.5. The Labute approximate surface area is 121 Å². The van der Waals surface area contributed by atoms with E-state index in [2.05, 4.69) is 30.4 Å². The van der Waals surface area contributed by atoms with Crippen LogP contribution in [0.15, 0.2) is 40.8 Å². The first-order chi connectivity index (χ1) is 9.17. The van der Waals surface area contributed by atoms with Gasteiger partial charge in [0, 0.05) is 20.2 Å². The average Bonchev–Trinajstić information content (AvgIpc) is 2.96. The molecule has 0 aliphatic carbocycles. The summed E-state index contributed by atoms with van der Waals surface area (Å²) in [6.07, 6.45) is 0. The molecule has 0 bridgehead atoms. The van der Waals surface area contributed by atoms with Crippen molar-refractivity contribution in [2.24, 2.45) is 0 Å². The normalized spacial score (nSPS) is 13.0. The number of benzene rings is 1. The molecule has 3 rings (SSSR count). The number of fused-ring (bicyclic) bond motifs is 1. The molecular formula is C15H14ClNOS. The van der Waals surface area contributed by atoms with Crippen molar-refractivity contribution in [2.75, 3.05) is 7.05 Å². The Kier molecular flexibility index (Phi) is 3.35. The Hall–Kier alpha value is -1.29. The molecular weight excluding hydrogens is 278 g/mol. The van der Waals surface area contributed by atoms with Gasteiger partial charge in [-0.15, -0.1) is 11.3 Å². The van der Waals surface area contributed by atoms with Crippen LogP contribution < -0.4 is 5.32 Å². The summed E-state index contributed by atoms with van der Waals surface area (Å²) < 4.78 is 5.93. The maximum Gasteiger partial charge on any atom is 0.134 e. The quantitative estimate of drug-likeness (QED) is 0.752. The molecule has 3 aromatic rings. The Morgan fingerprint density at radius 1 is 1.21 bits per heavy atom. The molecule has 0 saturated carbocycles. The third-order valence-corrected chi connectivity index (χ3v) is 4.42. The molecule has 1 N–H and O–H groups in total. The summed E-state index contributed by atoms with van der Waals surface area (Å²) in [6.45, 7) is 2.11. The van der Waals surface area contributed by atoms with Crippen LogP contribution in [0.25, 0.3) is 11.0 Å². The van der Waals surface area contributed by atoms with Gasteiger partial charge in [0.1, 0.15) is 17.4 Å². The highest BCUT2D eigenvalue weighted by Crippen LogP contribution is 2.32. The Morgan fingerprint density at radius 3 is 2.74 bits per heavy atom. The molecule has 0 spiro atoms. The molecule has 98 valence electrons. The number of halogens is 1. The maximum atomic E-state index is 6.01. The van der Waals surface area contributed by atoms with Crippen molar-refractivity contribution in [1.29, 1.82) is 0 Å². The summed E-state index contributed by atoms with van der Waals surface area (Å²) in [4.78, 5) is 2.56. The van der Waals surface area contributed by atoms with Gasteiger partial charge in [0.15, 0.2) is 0 Å². The molecule has 19 heavy (non-hydrogen) atoms. The second kappa shape index (κ2) is 5.00. The summed E-state index contributed by atoms with van der Waals surface area (Å²) >= 11 is 7.79. The maximum absolute atomic E-state index is 6.01. The predicted octanol–water partition coefficient (Wildman–Crippen LogP) is 4.76. The molecule has 1 aromatic carbocycles. The molecule has 2 heterocycles. The zero-order chi connectivity index (χ0) is 13.4. The largest absolute Gasteiger partial charge is 0.459 e. The van der Waals surface area contributed by atoms with E-state index in [9.17, 15) is 0 Å². The van der Waals surface area contributed by atoms with Gasteiger partial charge < -0.3 is 9.73 Å². The van der Waals surface area contributed by atoms with Crippen molar-refractivity contribution < 1.29 is 4.42 Å². The molecule has 4 heteroatoms. The van der Waals surface area contributed by atoms with E-state index < -0.39 is 0 Å². The van der Waals surface area contributed by atoms with E-state index in [1.54, 1.807) is 11.3 Å². The van der Waals surface area contributed by atoms with Gasteiger partial charge in [-0.25, -0.2) is 0 Å². The fraction of sp³-hybridized carbons (Fsp3) is 0.200. The lowest BCUT2D eigenvalue weighted by Crippen LogP contribution is -2.15. The van der Waals surface area contributed by atoms with Crippen LogP contribution in [-0.4, -0.2) is 7.05 Å². The monoisotopic (exact) mass is 291 g/mol. The van der Waals surface area contributed by atoms with Crippen LogP contribution >= 0.6 is 22.9 Å². The number of thiophene rings is 1. The van der Waals surface area contributed by atoms with Crippen LogP contribution in [0.5, 0.6) is 0 Å². The number of aryl methyl sites for hydroxylation is 1. The van der Waals surface area contributed by atoms with E-state index in [1.807, 2.05) is 25.2 Å². The first kappa shape index (κ1) is 12.7. The molecule has 0 aliphatic rings. The van der Waals surface area contributed by atoms with Gasteiger partial charge in [0.2, 0.25) is 0 Å². The topological polar surface area (TPSA) is 25.2 Å². The molecule has 1 unspecified atom stereocenters. The molecule has 0 amide bonds. The highest BCUT2D eigenvalue weighted by Gasteiger charge is 2.18. The summed E-state index contributed by atoms with van der Waals surface area (Å²) in [7, 11) is 1.94. The van der Waals surface area contributed by atoms with E-state index in [-0.39, 0.29) is 6.04 Å². The van der Waals surface area contributed by atoms with Gasteiger partial charge in [-0.05, 0) is 50.4 Å². The smallest absolute Gasteiger partial charge is 0.134 e. The minimum absolute atomic E-state index is 0.0878. The second-order valence-corrected chi connectivity index (χ2v) is 6.26. The van der Waals surface area contributed by atoms with Crippen molar-refractivity contribution in [3.8, 4) is 0 Å². The standard InChI is InChI=1S/C15H14ClNOS/c1-9-3-6-14(19-9)15(17-2)13-8-10-7-11(16)4-5-12(10)18-13/h3-8,15,17H,1-2H3. The lowest BCUT2D eigenvalue weighted by atomic mass is 10.1. The van der Waals surface area contributed by atoms with Gasteiger partial charge >= 0.3 is 0 Å². The van der Waals surface area contributed by atoms with Crippen LogP contribution in [-0.2, 0) is 0 Å². The zero-order valence-corrected chi connectivity index (χ0v) is 12.3. The lowest BCUT2D eigenvalue weighted by molar-refractivity contribution is 0.495. The molecule has 0 radical (unpaired) electrons. The van der Waals surface area contributed by atoms with Gasteiger partial charge in [0.05, 0.1) is 0 Å². The van der Waals surface area contributed by atoms with E-state index >= 15 is 0 Å². The minimum atomic E-state index is 0.0878. The van der Waals surface area contributed by atoms with Crippen molar-refractivity contribution in [3.05, 3.63) is 56.9 Å². The summed E-state index contributed by atoms with van der Waals surface area (Å²) in [5.41, 5.74) is 0.868. The van der Waals surface area contributed by atoms with Crippen molar-refractivity contribution >= 4 is 33.9 Å². The molecule has 0 aliphatic heterocycles. The zero-order valence-electron chi connectivity index (χ0n) is 10.7. The SMILES string of the molecule is CNC(c1cc2cc(Cl)ccc2o1)c1ccc(C)s1. The fourth-order valence-electron chi connectivity index (χ4n) is 2.21. The van der Waals surface area contributed by atoms with Crippen LogP contribution in [0.3, 0.4) is 0 Å². The predicted molar refractivity (Wildman–Crippen MR) is 81.2 cm³/mol. The molecule has 2 aromatic heterocycles. The first-order valence-corrected chi connectivity index (χ1v) is 7.29. The number of rotatable bonds is 3. The van der Waals surface area contributed by atoms with Crippen LogP contribution in [0.2, 0.25) is 5.02 Å². The van der Waals surface area contributed by atoms with Crippen molar-refractivity contribution in [3.63, 3.8) is 0 Å². The van der Waals surface area contributed by atoms with Crippen LogP contribution in [0, 0.1) is 6.92 Å². The van der Waals surface area contributed by atoms with E-state index in [1.165, 1.54) is 9.75 Å². The first-order valence-electron chi connectivity index (χ1n) is 6.10. The Bertz CT molecular complexity index is 716. The van der Waals surface area contributed by atoms with Gasteiger partial charge in [0.25, 0.3) is 0 Å². The highest BCUT2D eigenvalue weighted by molar-refractivity contribution is 7.12. The number of hydrogen-bond donors (Lipinski definition) is 1. The van der Waals surface area contributed by atoms with Crippen molar-refractivity contribution in [1.82, 2.24) is 5.32 Å². The average molecular weight is 292 g/mol. The molecule has 0 fully saturated rings. The minimum Gasteiger partial charge on any atom is -0.459 e. The van der Waals surface area contributed by atoms with Crippen LogP contribution in [0.4, 0.5) is 0 Å². The van der Waals surface area contributed by atoms with E-state index in [0.717, 1.165) is 21.8 Å².